The maximum absolute atomic E-state index is 11.3. The van der Waals surface area contributed by atoms with E-state index in [1.54, 1.807) is 45.2 Å². The van der Waals surface area contributed by atoms with Gasteiger partial charge in [0.05, 0.1) is 12.7 Å². The van der Waals surface area contributed by atoms with Crippen molar-refractivity contribution in [1.82, 2.24) is 0 Å². The summed E-state index contributed by atoms with van der Waals surface area (Å²) in [5, 5.41) is 9.26. The van der Waals surface area contributed by atoms with E-state index in [1.807, 2.05) is 22.6 Å². The van der Waals surface area contributed by atoms with Gasteiger partial charge in [-0.05, 0) is 67.8 Å². The number of rotatable bonds is 3. The zero-order chi connectivity index (χ0) is 15.6. The average Bonchev–Trinajstić information content (AvgIpc) is 2.29. The molecule has 0 amide bonds. The standard InChI is InChI=1S/C11H7I3O6.ClH/c1-3(15)19-9-6(12)5(11(17)18)7(13)10(8(9)14)20-4(2)16;/h1-2H3,(H,17,18);1H. The molecule has 0 heterocycles. The van der Waals surface area contributed by atoms with Crippen molar-refractivity contribution in [2.45, 2.75) is 13.8 Å². The molecule has 6 nitrogen and oxygen atoms in total. The zero-order valence-corrected chi connectivity index (χ0v) is 17.8. The second-order valence-electron chi connectivity index (χ2n) is 3.47. The Bertz CT molecular complexity index is 573. The number of carbonyl (C=O) groups excluding carboxylic acids is 2. The Morgan fingerprint density at radius 2 is 1.19 bits per heavy atom. The SMILES string of the molecule is CC(=O)Oc1c(I)c(OC(C)=O)c(I)c(C(=O)O)c1I.Cl. The van der Waals surface area contributed by atoms with Gasteiger partial charge < -0.3 is 14.6 Å². The van der Waals surface area contributed by atoms with E-state index in [4.69, 9.17) is 9.47 Å². The molecule has 1 aromatic rings. The van der Waals surface area contributed by atoms with Crippen LogP contribution in [0.5, 0.6) is 11.5 Å². The van der Waals surface area contributed by atoms with Crippen LogP contribution in [-0.4, -0.2) is 23.0 Å². The minimum atomic E-state index is -1.20. The summed E-state index contributed by atoms with van der Waals surface area (Å²) < 4.78 is 11.0. The molecule has 0 saturated carbocycles. The van der Waals surface area contributed by atoms with E-state index in [0.717, 1.165) is 0 Å². The van der Waals surface area contributed by atoms with Crippen molar-refractivity contribution < 1.29 is 29.0 Å². The van der Waals surface area contributed by atoms with Gasteiger partial charge in [-0.25, -0.2) is 4.79 Å². The van der Waals surface area contributed by atoms with Gasteiger partial charge >= 0.3 is 17.9 Å². The van der Waals surface area contributed by atoms with E-state index in [9.17, 15) is 19.5 Å². The van der Waals surface area contributed by atoms with Crippen LogP contribution in [0.2, 0.25) is 0 Å². The number of halogens is 4. The van der Waals surface area contributed by atoms with Crippen LogP contribution >= 0.6 is 80.2 Å². The number of carboxylic acids is 1. The maximum atomic E-state index is 11.3. The molecule has 21 heavy (non-hydrogen) atoms. The third-order valence-corrected chi connectivity index (χ3v) is 4.98. The number of aromatic carboxylic acids is 1. The Morgan fingerprint density at radius 3 is 1.43 bits per heavy atom. The molecule has 0 bridgehead atoms. The molecule has 0 fully saturated rings. The van der Waals surface area contributed by atoms with Crippen molar-refractivity contribution in [3.8, 4) is 11.5 Å². The van der Waals surface area contributed by atoms with Crippen LogP contribution in [0.1, 0.15) is 24.2 Å². The van der Waals surface area contributed by atoms with Crippen LogP contribution in [-0.2, 0) is 9.59 Å². The minimum absolute atomic E-state index is 0. The van der Waals surface area contributed by atoms with Crippen LogP contribution < -0.4 is 9.47 Å². The summed E-state index contributed by atoms with van der Waals surface area (Å²) in [4.78, 5) is 33.6. The molecule has 10 heteroatoms. The van der Waals surface area contributed by atoms with Gasteiger partial charge in [0.25, 0.3) is 0 Å². The van der Waals surface area contributed by atoms with E-state index in [-0.39, 0.29) is 36.6 Å². The van der Waals surface area contributed by atoms with Crippen LogP contribution in [0.4, 0.5) is 0 Å². The van der Waals surface area contributed by atoms with E-state index in [1.165, 1.54) is 13.8 Å². The summed E-state index contributed by atoms with van der Waals surface area (Å²) in [7, 11) is 0. The highest BCUT2D eigenvalue weighted by Crippen LogP contribution is 2.41. The number of hydrogen-bond acceptors (Lipinski definition) is 5. The van der Waals surface area contributed by atoms with Crippen molar-refractivity contribution in [2.24, 2.45) is 0 Å². The third kappa shape index (κ3) is 5.06. The Morgan fingerprint density at radius 1 is 0.857 bits per heavy atom. The molecule has 1 N–H and O–H groups in total. The topological polar surface area (TPSA) is 89.9 Å². The summed E-state index contributed by atoms with van der Waals surface area (Å²) in [5.74, 6) is -2.23. The lowest BCUT2D eigenvalue weighted by Gasteiger charge is -2.15. The van der Waals surface area contributed by atoms with Gasteiger partial charge in [-0.1, -0.05) is 0 Å². The van der Waals surface area contributed by atoms with Crippen LogP contribution in [0.25, 0.3) is 0 Å². The first-order valence-electron chi connectivity index (χ1n) is 4.97. The number of esters is 2. The van der Waals surface area contributed by atoms with Gasteiger partial charge in [-0.3, -0.25) is 9.59 Å². The highest BCUT2D eigenvalue weighted by molar-refractivity contribution is 14.1. The molecule has 1 aromatic carbocycles. The Hall–Kier alpha value is 0.110. The number of benzene rings is 1. The summed E-state index contributed by atoms with van der Waals surface area (Å²) in [5.41, 5.74) is -0.0703. The lowest BCUT2D eigenvalue weighted by molar-refractivity contribution is -0.132. The smallest absolute Gasteiger partial charge is 0.338 e. The second-order valence-corrected chi connectivity index (χ2v) is 6.70. The fraction of sp³-hybridized carbons (Fsp3) is 0.182. The van der Waals surface area contributed by atoms with E-state index in [2.05, 4.69) is 0 Å². The first-order valence-corrected chi connectivity index (χ1v) is 8.21. The van der Waals surface area contributed by atoms with Crippen LogP contribution in [0.15, 0.2) is 0 Å². The predicted octanol–water partition coefficient (Wildman–Crippen LogP) is 3.47. The molecule has 0 aliphatic carbocycles. The number of carboxylic acid groups (broad SMARTS) is 1. The van der Waals surface area contributed by atoms with Crippen molar-refractivity contribution in [3.05, 3.63) is 16.3 Å². The molecule has 0 aliphatic heterocycles. The Kier molecular flexibility index (Phi) is 8.71. The molecule has 0 saturated heterocycles. The van der Waals surface area contributed by atoms with Crippen LogP contribution in [0.3, 0.4) is 0 Å². The molecule has 0 radical (unpaired) electrons. The summed E-state index contributed by atoms with van der Waals surface area (Å²) in [6.45, 7) is 2.41. The van der Waals surface area contributed by atoms with E-state index in [0.29, 0.717) is 3.57 Å². The first-order chi connectivity index (χ1) is 9.16. The molecule has 0 aromatic heterocycles. The van der Waals surface area contributed by atoms with Gasteiger partial charge in [0, 0.05) is 13.8 Å². The summed E-state index contributed by atoms with van der Waals surface area (Å²) in [6, 6.07) is 0. The quantitative estimate of drug-likeness (QED) is 0.306. The Labute approximate surface area is 167 Å². The number of ether oxygens (including phenoxy) is 2. The van der Waals surface area contributed by atoms with Gasteiger partial charge in [-0.2, -0.15) is 0 Å². The monoisotopic (exact) mass is 652 g/mol. The third-order valence-electron chi connectivity index (χ3n) is 1.94. The lowest BCUT2D eigenvalue weighted by Crippen LogP contribution is -2.14. The molecular formula is C11H8ClI3O6. The fourth-order valence-electron chi connectivity index (χ4n) is 1.27. The molecule has 0 aliphatic rings. The molecule has 0 unspecified atom stereocenters. The fourth-order valence-corrected chi connectivity index (χ4v) is 5.34. The summed E-state index contributed by atoms with van der Waals surface area (Å²) >= 11 is 5.41. The van der Waals surface area contributed by atoms with Gasteiger partial charge in [0.15, 0.2) is 11.5 Å². The van der Waals surface area contributed by atoms with Crippen molar-refractivity contribution in [3.63, 3.8) is 0 Å². The van der Waals surface area contributed by atoms with Crippen molar-refractivity contribution in [1.29, 1.82) is 0 Å². The van der Waals surface area contributed by atoms with E-state index < -0.39 is 17.9 Å². The number of hydrogen-bond donors (Lipinski definition) is 1. The van der Waals surface area contributed by atoms with Crippen molar-refractivity contribution in [2.75, 3.05) is 0 Å². The second kappa shape index (κ2) is 8.67. The normalized spacial score (nSPS) is 9.57. The molecule has 1 rings (SSSR count). The van der Waals surface area contributed by atoms with Gasteiger partial charge in [0.2, 0.25) is 0 Å². The Balaban J connectivity index is 0.00000400. The number of carbonyl (C=O) groups is 3. The van der Waals surface area contributed by atoms with Crippen LogP contribution in [0, 0.1) is 10.7 Å². The van der Waals surface area contributed by atoms with E-state index >= 15 is 0 Å². The summed E-state index contributed by atoms with van der Waals surface area (Å²) in [6.07, 6.45) is 0. The van der Waals surface area contributed by atoms with Crippen molar-refractivity contribution >= 4 is 98.1 Å². The zero-order valence-electron chi connectivity index (χ0n) is 10.5. The average molecular weight is 652 g/mol. The molecule has 0 atom stereocenters. The van der Waals surface area contributed by atoms with Gasteiger partial charge in [-0.15, -0.1) is 12.4 Å². The van der Waals surface area contributed by atoms with Gasteiger partial charge in [0.1, 0.15) is 3.57 Å². The maximum Gasteiger partial charge on any atom is 0.338 e. The highest BCUT2D eigenvalue weighted by atomic mass is 127. The molecule has 116 valence electrons. The molecule has 0 spiro atoms. The highest BCUT2D eigenvalue weighted by Gasteiger charge is 2.27. The predicted molar refractivity (Wildman–Crippen MR) is 101 cm³/mol. The largest absolute Gasteiger partial charge is 0.478 e. The molecular weight excluding hydrogens is 644 g/mol. The first kappa shape index (κ1) is 21.1. The lowest BCUT2D eigenvalue weighted by atomic mass is 10.2. The minimum Gasteiger partial charge on any atom is -0.478 e.